The van der Waals surface area contributed by atoms with Crippen LogP contribution >= 0.6 is 0 Å². The Morgan fingerprint density at radius 1 is 1.15 bits per heavy atom. The first-order chi connectivity index (χ1) is 5.99. The van der Waals surface area contributed by atoms with Gasteiger partial charge >= 0.3 is 6.18 Å². The van der Waals surface area contributed by atoms with Crippen molar-refractivity contribution < 1.29 is 23.1 Å². The average molecular weight is 190 g/mol. The van der Waals surface area contributed by atoms with Gasteiger partial charge in [0.05, 0.1) is 5.56 Å². The molecule has 0 bridgehead atoms. The predicted molar refractivity (Wildman–Crippen MR) is 39.1 cm³/mol. The van der Waals surface area contributed by atoms with Crippen molar-refractivity contribution in [3.05, 3.63) is 23.8 Å². The lowest BCUT2D eigenvalue weighted by Gasteiger charge is -2.00. The van der Waals surface area contributed by atoms with E-state index in [9.17, 15) is 13.2 Å². The molecule has 0 heterocycles. The Hall–Kier alpha value is -1.52. The van der Waals surface area contributed by atoms with E-state index in [1.54, 1.807) is 6.07 Å². The van der Waals surface area contributed by atoms with E-state index in [-0.39, 0.29) is 6.47 Å². The maximum absolute atomic E-state index is 11.8. The molecule has 0 aromatic heterocycles. The fourth-order valence-electron chi connectivity index (χ4n) is 0.922. The quantitative estimate of drug-likeness (QED) is 0.647. The third kappa shape index (κ3) is 2.21. The average Bonchev–Trinajstić information content (AvgIpc) is 2.58. The summed E-state index contributed by atoms with van der Waals surface area (Å²) >= 11 is 0. The van der Waals surface area contributed by atoms with Gasteiger partial charge in [0.25, 0.3) is 6.47 Å². The van der Waals surface area contributed by atoms with Crippen LogP contribution in [0.3, 0.4) is 0 Å². The number of carboxylic acid groups (broad SMARTS) is 1. The molecule has 1 N–H and O–H groups in total. The Morgan fingerprint density at radius 3 is 1.77 bits per heavy atom. The summed E-state index contributed by atoms with van der Waals surface area (Å²) in [7, 11) is 0. The number of rotatable bonds is 0. The van der Waals surface area contributed by atoms with Gasteiger partial charge in [0.1, 0.15) is 0 Å². The molecule has 70 valence electrons. The topological polar surface area (TPSA) is 37.3 Å². The van der Waals surface area contributed by atoms with Crippen molar-refractivity contribution in [1.82, 2.24) is 0 Å². The zero-order valence-electron chi connectivity index (χ0n) is 6.30. The number of alkyl halides is 3. The van der Waals surface area contributed by atoms with Gasteiger partial charge in [-0.25, -0.2) is 0 Å². The molecule has 0 saturated heterocycles. The number of hydrogen-bond acceptors (Lipinski definition) is 1. The molecule has 0 atom stereocenters. The third-order valence-corrected chi connectivity index (χ3v) is 1.51. The molecule has 5 heteroatoms. The molecular formula is C8H5F3O2. The maximum Gasteiger partial charge on any atom is 0.416 e. The number of hydrogen-bond donors (Lipinski definition) is 1. The number of fused-ring (bicyclic) bond motifs is 1. The summed E-state index contributed by atoms with van der Waals surface area (Å²) < 4.78 is 35.4. The Balaban J connectivity index is 0.000000251. The lowest BCUT2D eigenvalue weighted by Crippen LogP contribution is -2.01. The molecular weight excluding hydrogens is 185 g/mol. The molecule has 0 radical (unpaired) electrons. The normalized spacial score (nSPS) is 11.3. The molecule has 0 unspecified atom stereocenters. The van der Waals surface area contributed by atoms with Crippen LogP contribution in [0.5, 0.6) is 0 Å². The van der Waals surface area contributed by atoms with Crippen molar-refractivity contribution in [1.29, 1.82) is 0 Å². The van der Waals surface area contributed by atoms with Crippen molar-refractivity contribution in [2.75, 3.05) is 0 Å². The minimum Gasteiger partial charge on any atom is -0.483 e. The molecule has 2 aliphatic rings. The summed E-state index contributed by atoms with van der Waals surface area (Å²) in [4.78, 5) is 8.36. The van der Waals surface area contributed by atoms with Gasteiger partial charge in [-0.3, -0.25) is 4.79 Å². The molecule has 0 fully saturated rings. The molecule has 2 nitrogen and oxygen atoms in total. The molecule has 0 aliphatic heterocycles. The van der Waals surface area contributed by atoms with Crippen LogP contribution in [-0.4, -0.2) is 11.6 Å². The summed E-state index contributed by atoms with van der Waals surface area (Å²) in [6.07, 6.45) is -4.17. The third-order valence-electron chi connectivity index (χ3n) is 1.51. The highest BCUT2D eigenvalue weighted by molar-refractivity contribution is 5.82. The molecule has 0 aromatic carbocycles. The van der Waals surface area contributed by atoms with Crippen LogP contribution in [-0.2, 0) is 11.0 Å². The Kier molecular flexibility index (Phi) is 2.27. The van der Waals surface area contributed by atoms with E-state index >= 15 is 0 Å². The van der Waals surface area contributed by atoms with Gasteiger partial charge in [-0.2, -0.15) is 13.2 Å². The minimum atomic E-state index is -4.17. The summed E-state index contributed by atoms with van der Waals surface area (Å²) in [6, 6.07) is 4.04. The van der Waals surface area contributed by atoms with E-state index in [0.29, 0.717) is 0 Å². The SMILES string of the molecule is FC(F)(F)c1cc2cc-2c1.O=CO. The highest BCUT2D eigenvalue weighted by Crippen LogP contribution is 2.42. The molecule has 0 amide bonds. The van der Waals surface area contributed by atoms with Crippen LogP contribution in [0, 0.1) is 0 Å². The van der Waals surface area contributed by atoms with E-state index in [2.05, 4.69) is 0 Å². The first-order valence-electron chi connectivity index (χ1n) is 3.29. The Bertz CT molecular complexity index is 310. The van der Waals surface area contributed by atoms with Crippen LogP contribution in [0.2, 0.25) is 0 Å². The molecule has 0 spiro atoms. The molecule has 2 aliphatic carbocycles. The lowest BCUT2D eigenvalue weighted by atomic mass is 10.3. The number of halogens is 3. The highest BCUT2D eigenvalue weighted by Gasteiger charge is 2.34. The lowest BCUT2D eigenvalue weighted by molar-refractivity contribution is -0.137. The van der Waals surface area contributed by atoms with E-state index in [1.165, 1.54) is 0 Å². The van der Waals surface area contributed by atoms with Crippen molar-refractivity contribution in [3.63, 3.8) is 0 Å². The second kappa shape index (κ2) is 3.08. The summed E-state index contributed by atoms with van der Waals surface area (Å²) in [6.45, 7) is -0.250. The minimum absolute atomic E-state index is 0.250. The van der Waals surface area contributed by atoms with Crippen LogP contribution in [0.4, 0.5) is 13.2 Å². The van der Waals surface area contributed by atoms with Crippen LogP contribution in [0.15, 0.2) is 18.2 Å². The van der Waals surface area contributed by atoms with Gasteiger partial charge in [-0.05, 0) is 29.3 Å². The van der Waals surface area contributed by atoms with E-state index in [1.807, 2.05) is 0 Å². The largest absolute Gasteiger partial charge is 0.483 e. The van der Waals surface area contributed by atoms with Gasteiger partial charge in [-0.15, -0.1) is 0 Å². The molecule has 0 saturated carbocycles. The zero-order valence-corrected chi connectivity index (χ0v) is 6.30. The first kappa shape index (κ1) is 9.57. The zero-order chi connectivity index (χ0) is 10.1. The van der Waals surface area contributed by atoms with Crippen LogP contribution in [0.1, 0.15) is 5.56 Å². The molecule has 13 heavy (non-hydrogen) atoms. The first-order valence-corrected chi connectivity index (χ1v) is 3.29. The van der Waals surface area contributed by atoms with Gasteiger partial charge < -0.3 is 5.11 Å². The second-order valence-electron chi connectivity index (χ2n) is 2.40. The predicted octanol–water partition coefficient (Wildman–Crippen LogP) is 2.39. The van der Waals surface area contributed by atoms with E-state index < -0.39 is 11.7 Å². The number of benzene rings is 1. The maximum atomic E-state index is 11.8. The summed E-state index contributed by atoms with van der Waals surface area (Å²) in [5.41, 5.74) is 0.930. The summed E-state index contributed by atoms with van der Waals surface area (Å²) in [5.74, 6) is 0. The van der Waals surface area contributed by atoms with Gasteiger partial charge in [0, 0.05) is 0 Å². The van der Waals surface area contributed by atoms with Gasteiger partial charge in [-0.1, -0.05) is 0 Å². The van der Waals surface area contributed by atoms with Gasteiger partial charge in [0.15, 0.2) is 0 Å². The standard InChI is InChI=1S/C7H3F3.CH2O2/c8-7(9,10)6-2-4-1-5(4)3-6;2-1-3/h1-3H;1H,(H,2,3). The monoisotopic (exact) mass is 190 g/mol. The van der Waals surface area contributed by atoms with Crippen molar-refractivity contribution >= 4 is 6.47 Å². The van der Waals surface area contributed by atoms with E-state index in [0.717, 1.165) is 23.3 Å². The fraction of sp³-hybridized carbons (Fsp3) is 0.125. The Morgan fingerprint density at radius 2 is 1.54 bits per heavy atom. The van der Waals surface area contributed by atoms with Crippen molar-refractivity contribution in [2.45, 2.75) is 6.18 Å². The van der Waals surface area contributed by atoms with Crippen molar-refractivity contribution in [3.8, 4) is 11.1 Å². The van der Waals surface area contributed by atoms with Crippen LogP contribution < -0.4 is 0 Å². The number of carbonyl (C=O) groups is 1. The second-order valence-corrected chi connectivity index (χ2v) is 2.40. The smallest absolute Gasteiger partial charge is 0.416 e. The van der Waals surface area contributed by atoms with Gasteiger partial charge in [0.2, 0.25) is 0 Å². The van der Waals surface area contributed by atoms with E-state index in [4.69, 9.17) is 9.90 Å². The summed E-state index contributed by atoms with van der Waals surface area (Å²) in [5, 5.41) is 6.89. The fourth-order valence-corrected chi connectivity index (χ4v) is 0.922. The highest BCUT2D eigenvalue weighted by atomic mass is 19.4. The Labute approximate surface area is 71.6 Å². The molecule has 2 rings (SSSR count). The van der Waals surface area contributed by atoms with Crippen LogP contribution in [0.25, 0.3) is 11.1 Å². The van der Waals surface area contributed by atoms with Crippen molar-refractivity contribution in [2.24, 2.45) is 0 Å². The molecule has 0 aromatic rings.